The van der Waals surface area contributed by atoms with Crippen molar-refractivity contribution in [1.29, 1.82) is 0 Å². The SMILES string of the molecule is CC=C(C)C(=O)OCCC[Si](C)(OC)OC. The molecular weight excluding hydrogens is 224 g/mol. The predicted molar refractivity (Wildman–Crippen MR) is 65.5 cm³/mol. The van der Waals surface area contributed by atoms with E-state index >= 15 is 0 Å². The van der Waals surface area contributed by atoms with Gasteiger partial charge >= 0.3 is 14.5 Å². The first-order valence-corrected chi connectivity index (χ1v) is 7.91. The zero-order valence-electron chi connectivity index (χ0n) is 10.8. The van der Waals surface area contributed by atoms with E-state index in [2.05, 4.69) is 0 Å². The standard InChI is InChI=1S/C11H22O4Si/c1-6-10(2)11(12)15-8-7-9-16(5,13-3)14-4/h6H,7-9H2,1-5H3. The molecule has 0 N–H and O–H groups in total. The largest absolute Gasteiger partial charge is 0.462 e. The Morgan fingerprint density at radius 1 is 1.31 bits per heavy atom. The van der Waals surface area contributed by atoms with Gasteiger partial charge in [0.15, 0.2) is 0 Å². The van der Waals surface area contributed by atoms with Crippen molar-refractivity contribution in [3.8, 4) is 0 Å². The monoisotopic (exact) mass is 246 g/mol. The van der Waals surface area contributed by atoms with Crippen LogP contribution in [0.4, 0.5) is 0 Å². The minimum absolute atomic E-state index is 0.249. The van der Waals surface area contributed by atoms with Crippen LogP contribution in [-0.4, -0.2) is 35.4 Å². The van der Waals surface area contributed by atoms with Crippen molar-refractivity contribution in [3.05, 3.63) is 11.6 Å². The molecule has 0 rings (SSSR count). The second-order valence-electron chi connectivity index (χ2n) is 3.75. The van der Waals surface area contributed by atoms with Crippen molar-refractivity contribution in [1.82, 2.24) is 0 Å². The molecule has 0 heterocycles. The summed E-state index contributed by atoms with van der Waals surface area (Å²) in [7, 11) is 1.31. The van der Waals surface area contributed by atoms with E-state index in [0.717, 1.165) is 12.5 Å². The van der Waals surface area contributed by atoms with Crippen molar-refractivity contribution < 1.29 is 18.4 Å². The van der Waals surface area contributed by atoms with Crippen molar-refractivity contribution in [2.75, 3.05) is 20.8 Å². The molecule has 0 atom stereocenters. The first-order valence-electron chi connectivity index (χ1n) is 5.39. The zero-order valence-corrected chi connectivity index (χ0v) is 11.8. The number of allylic oxidation sites excluding steroid dienone is 1. The molecule has 0 fully saturated rings. The van der Waals surface area contributed by atoms with E-state index in [1.807, 2.05) is 13.5 Å². The molecule has 5 heteroatoms. The van der Waals surface area contributed by atoms with Crippen LogP contribution in [0, 0.1) is 0 Å². The van der Waals surface area contributed by atoms with E-state index in [1.54, 1.807) is 27.2 Å². The van der Waals surface area contributed by atoms with Gasteiger partial charge in [-0.3, -0.25) is 0 Å². The summed E-state index contributed by atoms with van der Waals surface area (Å²) in [5.41, 5.74) is 0.637. The lowest BCUT2D eigenvalue weighted by Gasteiger charge is -2.22. The van der Waals surface area contributed by atoms with E-state index in [0.29, 0.717) is 12.2 Å². The number of esters is 1. The molecule has 0 aliphatic carbocycles. The minimum atomic E-state index is -2.01. The Morgan fingerprint density at radius 2 is 1.88 bits per heavy atom. The lowest BCUT2D eigenvalue weighted by molar-refractivity contribution is -0.139. The highest BCUT2D eigenvalue weighted by Crippen LogP contribution is 2.13. The number of hydrogen-bond acceptors (Lipinski definition) is 4. The molecule has 94 valence electrons. The molecule has 0 saturated carbocycles. The summed E-state index contributed by atoms with van der Waals surface area (Å²) < 4.78 is 15.7. The maximum atomic E-state index is 11.3. The third kappa shape index (κ3) is 5.44. The highest BCUT2D eigenvalue weighted by molar-refractivity contribution is 6.65. The van der Waals surface area contributed by atoms with Crippen LogP contribution in [0.25, 0.3) is 0 Å². The topological polar surface area (TPSA) is 44.8 Å². The Kier molecular flexibility index (Phi) is 7.28. The summed E-state index contributed by atoms with van der Waals surface area (Å²) in [6.45, 7) is 5.97. The lowest BCUT2D eigenvalue weighted by Crippen LogP contribution is -2.36. The van der Waals surface area contributed by atoms with E-state index in [-0.39, 0.29) is 5.97 Å². The summed E-state index contributed by atoms with van der Waals surface area (Å²) in [4.78, 5) is 11.3. The molecule has 0 bridgehead atoms. The van der Waals surface area contributed by atoms with Gasteiger partial charge in [-0.2, -0.15) is 0 Å². The molecule has 0 radical (unpaired) electrons. The summed E-state index contributed by atoms with van der Waals surface area (Å²) in [6, 6.07) is 0.822. The maximum absolute atomic E-state index is 11.3. The minimum Gasteiger partial charge on any atom is -0.462 e. The number of carbonyl (C=O) groups is 1. The van der Waals surface area contributed by atoms with Crippen LogP contribution in [0.2, 0.25) is 12.6 Å². The van der Waals surface area contributed by atoms with Gasteiger partial charge in [0.2, 0.25) is 0 Å². The highest BCUT2D eigenvalue weighted by Gasteiger charge is 2.27. The van der Waals surface area contributed by atoms with Gasteiger partial charge in [-0.1, -0.05) is 6.08 Å². The third-order valence-electron chi connectivity index (χ3n) is 2.63. The molecule has 0 aromatic carbocycles. The van der Waals surface area contributed by atoms with Crippen LogP contribution < -0.4 is 0 Å². The molecular formula is C11H22O4Si. The molecule has 0 aromatic rings. The van der Waals surface area contributed by atoms with Crippen LogP contribution in [0.3, 0.4) is 0 Å². The molecule has 16 heavy (non-hydrogen) atoms. The fourth-order valence-electron chi connectivity index (χ4n) is 1.08. The summed E-state index contributed by atoms with van der Waals surface area (Å²) >= 11 is 0. The normalized spacial score (nSPS) is 12.7. The van der Waals surface area contributed by atoms with Crippen LogP contribution in [-0.2, 0) is 18.4 Å². The van der Waals surface area contributed by atoms with E-state index in [4.69, 9.17) is 13.6 Å². The van der Waals surface area contributed by atoms with Crippen LogP contribution in [0.1, 0.15) is 20.3 Å². The fourth-order valence-corrected chi connectivity index (χ4v) is 2.44. The molecule has 0 aliphatic heterocycles. The first kappa shape index (κ1) is 15.3. The van der Waals surface area contributed by atoms with E-state index in [9.17, 15) is 4.79 Å². The van der Waals surface area contributed by atoms with Gasteiger partial charge < -0.3 is 13.6 Å². The average molecular weight is 246 g/mol. The summed E-state index contributed by atoms with van der Waals surface area (Å²) in [5, 5.41) is 0. The Hall–Kier alpha value is -0.653. The Balaban J connectivity index is 3.80. The summed E-state index contributed by atoms with van der Waals surface area (Å²) in [6.07, 6.45) is 2.51. The molecule has 0 aliphatic rings. The maximum Gasteiger partial charge on any atom is 0.334 e. The third-order valence-corrected chi connectivity index (χ3v) is 5.62. The quantitative estimate of drug-likeness (QED) is 0.299. The predicted octanol–water partition coefficient (Wildman–Crippen LogP) is 2.25. The Bertz CT molecular complexity index is 246. The van der Waals surface area contributed by atoms with E-state index in [1.165, 1.54) is 0 Å². The number of hydrogen-bond donors (Lipinski definition) is 0. The smallest absolute Gasteiger partial charge is 0.334 e. The van der Waals surface area contributed by atoms with Crippen LogP contribution >= 0.6 is 0 Å². The number of carbonyl (C=O) groups excluding carboxylic acids is 1. The van der Waals surface area contributed by atoms with Gasteiger partial charge in [-0.25, -0.2) is 4.79 Å². The van der Waals surface area contributed by atoms with Gasteiger partial charge in [0.25, 0.3) is 0 Å². The van der Waals surface area contributed by atoms with Gasteiger partial charge in [0, 0.05) is 19.8 Å². The number of rotatable bonds is 7. The second kappa shape index (κ2) is 7.59. The van der Waals surface area contributed by atoms with Crippen LogP contribution in [0.5, 0.6) is 0 Å². The molecule has 0 aromatic heterocycles. The molecule has 0 unspecified atom stereocenters. The van der Waals surface area contributed by atoms with Crippen LogP contribution in [0.15, 0.2) is 11.6 Å². The Morgan fingerprint density at radius 3 is 2.31 bits per heavy atom. The van der Waals surface area contributed by atoms with Gasteiger partial charge in [0.1, 0.15) is 0 Å². The van der Waals surface area contributed by atoms with Gasteiger partial charge in [0.05, 0.1) is 6.61 Å². The molecule has 0 amide bonds. The molecule has 4 nitrogen and oxygen atoms in total. The van der Waals surface area contributed by atoms with Crippen molar-refractivity contribution >= 4 is 14.5 Å². The highest BCUT2D eigenvalue weighted by atomic mass is 28.4. The average Bonchev–Trinajstić information content (AvgIpc) is 2.32. The second-order valence-corrected chi connectivity index (χ2v) is 7.34. The van der Waals surface area contributed by atoms with E-state index < -0.39 is 8.56 Å². The zero-order chi connectivity index (χ0) is 12.6. The van der Waals surface area contributed by atoms with Crippen molar-refractivity contribution in [2.24, 2.45) is 0 Å². The van der Waals surface area contributed by atoms with Crippen molar-refractivity contribution in [3.63, 3.8) is 0 Å². The summed E-state index contributed by atoms with van der Waals surface area (Å²) in [5.74, 6) is -0.249. The van der Waals surface area contributed by atoms with Gasteiger partial charge in [-0.05, 0) is 32.9 Å². The first-order chi connectivity index (χ1) is 7.49. The fraction of sp³-hybridized carbons (Fsp3) is 0.727. The van der Waals surface area contributed by atoms with Gasteiger partial charge in [-0.15, -0.1) is 0 Å². The molecule has 0 spiro atoms. The number of ether oxygens (including phenoxy) is 1. The lowest BCUT2D eigenvalue weighted by atomic mass is 10.3. The Labute approximate surface area is 98.8 Å². The molecule has 0 saturated heterocycles. The van der Waals surface area contributed by atoms with Crippen molar-refractivity contribution in [2.45, 2.75) is 32.9 Å².